The van der Waals surface area contributed by atoms with E-state index in [0.717, 1.165) is 5.56 Å². The van der Waals surface area contributed by atoms with Crippen LogP contribution in [0.15, 0.2) is 48.5 Å². The first-order chi connectivity index (χ1) is 9.74. The van der Waals surface area contributed by atoms with Crippen molar-refractivity contribution >= 4 is 11.6 Å². The summed E-state index contributed by atoms with van der Waals surface area (Å²) in [5.74, 6) is 0.346. The third-order valence-corrected chi connectivity index (χ3v) is 3.28. The molecule has 6 heteroatoms. The van der Waals surface area contributed by atoms with Crippen LogP contribution in [-0.2, 0) is 6.42 Å². The highest BCUT2D eigenvalue weighted by atomic mass is 35.5. The van der Waals surface area contributed by atoms with E-state index in [9.17, 15) is 4.39 Å². The maximum atomic E-state index is 13.0. The van der Waals surface area contributed by atoms with Gasteiger partial charge >= 0.3 is 0 Å². The quantitative estimate of drug-likeness (QED) is 0.744. The lowest BCUT2D eigenvalue weighted by atomic mass is 10.1. The summed E-state index contributed by atoms with van der Waals surface area (Å²) < 4.78 is 14.5. The zero-order valence-electron chi connectivity index (χ0n) is 10.4. The standard InChI is InChI=1S/C14H10ClFN4/c15-13-4-2-1-3-10(13)9-14-17-18-19-20(14)12-7-5-11(16)6-8-12/h1-8H,9H2. The molecule has 0 aliphatic carbocycles. The molecule has 4 nitrogen and oxygen atoms in total. The topological polar surface area (TPSA) is 43.6 Å². The number of rotatable bonds is 3. The summed E-state index contributed by atoms with van der Waals surface area (Å²) >= 11 is 6.13. The average molecular weight is 289 g/mol. The Morgan fingerprint density at radius 3 is 2.55 bits per heavy atom. The molecule has 0 radical (unpaired) electrons. The molecule has 1 aromatic heterocycles. The maximum absolute atomic E-state index is 13.0. The monoisotopic (exact) mass is 288 g/mol. The van der Waals surface area contributed by atoms with E-state index in [0.29, 0.717) is 23.0 Å². The number of benzene rings is 2. The van der Waals surface area contributed by atoms with Gasteiger partial charge in [0.2, 0.25) is 0 Å². The van der Waals surface area contributed by atoms with E-state index in [1.54, 1.807) is 16.8 Å². The molecule has 0 unspecified atom stereocenters. The number of hydrogen-bond acceptors (Lipinski definition) is 3. The molecule has 0 amide bonds. The highest BCUT2D eigenvalue weighted by Crippen LogP contribution is 2.19. The molecule has 0 bridgehead atoms. The Bertz CT molecular complexity index is 724. The van der Waals surface area contributed by atoms with Gasteiger partial charge in [-0.25, -0.2) is 4.39 Å². The number of tetrazole rings is 1. The molecule has 3 rings (SSSR count). The van der Waals surface area contributed by atoms with Crippen LogP contribution >= 0.6 is 11.6 Å². The van der Waals surface area contributed by atoms with E-state index in [-0.39, 0.29) is 5.82 Å². The van der Waals surface area contributed by atoms with Gasteiger partial charge in [0, 0.05) is 11.4 Å². The van der Waals surface area contributed by atoms with E-state index in [1.807, 2.05) is 24.3 Å². The highest BCUT2D eigenvalue weighted by Gasteiger charge is 2.10. The number of hydrogen-bond donors (Lipinski definition) is 0. The van der Waals surface area contributed by atoms with E-state index in [2.05, 4.69) is 15.5 Å². The van der Waals surface area contributed by atoms with Gasteiger partial charge in [0.15, 0.2) is 5.82 Å². The first kappa shape index (κ1) is 12.7. The SMILES string of the molecule is Fc1ccc(-n2nnnc2Cc2ccccc2Cl)cc1. The van der Waals surface area contributed by atoms with Crippen LogP contribution in [0.1, 0.15) is 11.4 Å². The smallest absolute Gasteiger partial charge is 0.161 e. The first-order valence-corrected chi connectivity index (χ1v) is 6.38. The number of aromatic nitrogens is 4. The van der Waals surface area contributed by atoms with Gasteiger partial charge in [0.25, 0.3) is 0 Å². The normalized spacial score (nSPS) is 10.7. The first-order valence-electron chi connectivity index (χ1n) is 6.00. The second kappa shape index (κ2) is 5.38. The van der Waals surface area contributed by atoms with E-state index in [1.165, 1.54) is 12.1 Å². The zero-order valence-corrected chi connectivity index (χ0v) is 11.1. The molecule has 0 saturated carbocycles. The summed E-state index contributed by atoms with van der Waals surface area (Å²) in [5.41, 5.74) is 1.64. The van der Waals surface area contributed by atoms with Crippen LogP contribution in [0.4, 0.5) is 4.39 Å². The second-order valence-corrected chi connectivity index (χ2v) is 4.66. The Morgan fingerprint density at radius 1 is 1.05 bits per heavy atom. The van der Waals surface area contributed by atoms with Crippen molar-refractivity contribution in [3.8, 4) is 5.69 Å². The lowest BCUT2D eigenvalue weighted by Crippen LogP contribution is -2.04. The maximum Gasteiger partial charge on any atom is 0.161 e. The predicted octanol–water partition coefficient (Wildman–Crippen LogP) is 3.05. The zero-order chi connectivity index (χ0) is 13.9. The van der Waals surface area contributed by atoms with Gasteiger partial charge in [0.1, 0.15) is 5.82 Å². The highest BCUT2D eigenvalue weighted by molar-refractivity contribution is 6.31. The van der Waals surface area contributed by atoms with E-state index < -0.39 is 0 Å². The Hall–Kier alpha value is -2.27. The second-order valence-electron chi connectivity index (χ2n) is 4.25. The van der Waals surface area contributed by atoms with Crippen LogP contribution in [0.5, 0.6) is 0 Å². The molecule has 0 saturated heterocycles. The van der Waals surface area contributed by atoms with Gasteiger partial charge in [0.05, 0.1) is 5.69 Å². The molecule has 20 heavy (non-hydrogen) atoms. The Labute approximate surface area is 119 Å². The lowest BCUT2D eigenvalue weighted by Gasteiger charge is -2.05. The van der Waals surface area contributed by atoms with Crippen LogP contribution in [0.2, 0.25) is 5.02 Å². The lowest BCUT2D eigenvalue weighted by molar-refractivity contribution is 0.626. The summed E-state index contributed by atoms with van der Waals surface area (Å²) in [6.07, 6.45) is 0.504. The van der Waals surface area contributed by atoms with Crippen molar-refractivity contribution in [1.82, 2.24) is 20.2 Å². The van der Waals surface area contributed by atoms with Crippen LogP contribution in [0, 0.1) is 5.82 Å². The fourth-order valence-electron chi connectivity index (χ4n) is 1.91. The van der Waals surface area contributed by atoms with Crippen molar-refractivity contribution in [2.75, 3.05) is 0 Å². The Kier molecular flexibility index (Phi) is 3.43. The van der Waals surface area contributed by atoms with Gasteiger partial charge in [-0.3, -0.25) is 0 Å². The summed E-state index contributed by atoms with van der Waals surface area (Å²) in [4.78, 5) is 0. The number of nitrogens with zero attached hydrogens (tertiary/aromatic N) is 4. The van der Waals surface area contributed by atoms with Crippen molar-refractivity contribution in [1.29, 1.82) is 0 Å². The van der Waals surface area contributed by atoms with Crippen molar-refractivity contribution in [3.05, 3.63) is 70.8 Å². The third kappa shape index (κ3) is 2.53. The molecule has 0 aliphatic rings. The van der Waals surface area contributed by atoms with Gasteiger partial charge in [-0.2, -0.15) is 4.68 Å². The van der Waals surface area contributed by atoms with Crippen LogP contribution < -0.4 is 0 Å². The molecule has 0 aliphatic heterocycles. The predicted molar refractivity (Wildman–Crippen MR) is 73.4 cm³/mol. The molecule has 0 N–H and O–H groups in total. The van der Waals surface area contributed by atoms with Gasteiger partial charge in [-0.15, -0.1) is 5.10 Å². The molecule has 0 atom stereocenters. The van der Waals surface area contributed by atoms with Crippen LogP contribution in [0.3, 0.4) is 0 Å². The third-order valence-electron chi connectivity index (χ3n) is 2.91. The minimum absolute atomic E-state index is 0.297. The van der Waals surface area contributed by atoms with Gasteiger partial charge in [-0.1, -0.05) is 29.8 Å². The van der Waals surface area contributed by atoms with Crippen molar-refractivity contribution < 1.29 is 4.39 Å². The van der Waals surface area contributed by atoms with Crippen LogP contribution in [0.25, 0.3) is 5.69 Å². The van der Waals surface area contributed by atoms with Gasteiger partial charge in [-0.05, 0) is 46.3 Å². The minimum atomic E-state index is -0.297. The van der Waals surface area contributed by atoms with Crippen molar-refractivity contribution in [2.24, 2.45) is 0 Å². The Morgan fingerprint density at radius 2 is 1.80 bits per heavy atom. The molecule has 2 aromatic carbocycles. The fourth-order valence-corrected chi connectivity index (χ4v) is 2.11. The molecular weight excluding hydrogens is 279 g/mol. The largest absolute Gasteiger partial charge is 0.207 e. The molecule has 3 aromatic rings. The van der Waals surface area contributed by atoms with Crippen LogP contribution in [-0.4, -0.2) is 20.2 Å². The van der Waals surface area contributed by atoms with Crippen molar-refractivity contribution in [2.45, 2.75) is 6.42 Å². The Balaban J connectivity index is 1.95. The van der Waals surface area contributed by atoms with Gasteiger partial charge < -0.3 is 0 Å². The molecular formula is C14H10ClFN4. The van der Waals surface area contributed by atoms with E-state index >= 15 is 0 Å². The molecule has 0 fully saturated rings. The minimum Gasteiger partial charge on any atom is -0.207 e. The molecule has 100 valence electrons. The van der Waals surface area contributed by atoms with E-state index in [4.69, 9.17) is 11.6 Å². The fraction of sp³-hybridized carbons (Fsp3) is 0.0714. The van der Waals surface area contributed by atoms with Crippen molar-refractivity contribution in [3.63, 3.8) is 0 Å². The summed E-state index contributed by atoms with van der Waals surface area (Å²) in [5, 5.41) is 12.3. The summed E-state index contributed by atoms with van der Waals surface area (Å²) in [7, 11) is 0. The summed E-state index contributed by atoms with van der Waals surface area (Å²) in [6.45, 7) is 0. The number of halogens is 2. The average Bonchev–Trinajstić information content (AvgIpc) is 2.90. The molecule has 1 heterocycles. The summed E-state index contributed by atoms with van der Waals surface area (Å²) in [6, 6.07) is 13.5. The molecule has 0 spiro atoms.